The summed E-state index contributed by atoms with van der Waals surface area (Å²) in [5, 5.41) is 9.63. The summed E-state index contributed by atoms with van der Waals surface area (Å²) in [6.45, 7) is 0.500. The van der Waals surface area contributed by atoms with Crippen molar-refractivity contribution >= 4 is 5.97 Å². The van der Waals surface area contributed by atoms with Crippen LogP contribution in [0, 0.1) is 17.3 Å². The third kappa shape index (κ3) is 2.22. The van der Waals surface area contributed by atoms with Crippen LogP contribution in [0.5, 0.6) is 5.75 Å². The van der Waals surface area contributed by atoms with E-state index in [0.29, 0.717) is 24.9 Å². The van der Waals surface area contributed by atoms with Gasteiger partial charge in [-0.05, 0) is 49.7 Å². The molecule has 1 aromatic rings. The van der Waals surface area contributed by atoms with Gasteiger partial charge in [-0.3, -0.25) is 4.79 Å². The number of fused-ring (bicyclic) bond motifs is 2. The third-order valence-corrected chi connectivity index (χ3v) is 4.96. The smallest absolute Gasteiger partial charge is 0.310 e. The Morgan fingerprint density at radius 1 is 1.32 bits per heavy atom. The van der Waals surface area contributed by atoms with E-state index in [4.69, 9.17) is 4.74 Å². The van der Waals surface area contributed by atoms with Gasteiger partial charge in [0.05, 0.1) is 12.0 Å². The maximum atomic E-state index is 11.7. The summed E-state index contributed by atoms with van der Waals surface area (Å²) in [6, 6.07) is 9.63. The van der Waals surface area contributed by atoms with Crippen molar-refractivity contribution in [2.24, 2.45) is 17.3 Å². The molecule has 0 amide bonds. The Bertz CT molecular complexity index is 456. The minimum Gasteiger partial charge on any atom is -0.494 e. The van der Waals surface area contributed by atoms with Crippen molar-refractivity contribution in [2.45, 2.75) is 32.1 Å². The summed E-state index contributed by atoms with van der Waals surface area (Å²) in [5.74, 6) is 1.22. The summed E-state index contributed by atoms with van der Waals surface area (Å²) >= 11 is 0. The summed E-state index contributed by atoms with van der Waals surface area (Å²) in [4.78, 5) is 11.7. The number of hydrogen-bond acceptors (Lipinski definition) is 2. The molecule has 3 unspecified atom stereocenters. The second kappa shape index (κ2) is 4.87. The number of para-hydroxylation sites is 1. The molecular weight excluding hydrogens is 240 g/mol. The first-order valence-corrected chi connectivity index (χ1v) is 7.12. The monoisotopic (exact) mass is 260 g/mol. The molecule has 3 heteroatoms. The highest BCUT2D eigenvalue weighted by molar-refractivity contribution is 5.75. The Labute approximate surface area is 113 Å². The van der Waals surface area contributed by atoms with Gasteiger partial charge in [-0.25, -0.2) is 0 Å². The van der Waals surface area contributed by atoms with Crippen molar-refractivity contribution in [3.05, 3.63) is 30.3 Å². The molecule has 1 aromatic carbocycles. The molecule has 2 bridgehead atoms. The normalized spacial score (nSPS) is 32.4. The molecule has 2 aliphatic rings. The van der Waals surface area contributed by atoms with Crippen LogP contribution in [-0.4, -0.2) is 17.7 Å². The van der Waals surface area contributed by atoms with Crippen LogP contribution < -0.4 is 4.74 Å². The Hall–Kier alpha value is -1.51. The molecule has 0 spiro atoms. The highest BCUT2D eigenvalue weighted by atomic mass is 16.5. The largest absolute Gasteiger partial charge is 0.494 e. The molecule has 0 aliphatic heterocycles. The summed E-state index contributed by atoms with van der Waals surface area (Å²) < 4.78 is 5.69. The summed E-state index contributed by atoms with van der Waals surface area (Å²) in [7, 11) is 0. The molecule has 0 aromatic heterocycles. The van der Waals surface area contributed by atoms with Crippen molar-refractivity contribution < 1.29 is 14.6 Å². The van der Waals surface area contributed by atoms with Gasteiger partial charge < -0.3 is 9.84 Å². The van der Waals surface area contributed by atoms with Crippen LogP contribution in [0.3, 0.4) is 0 Å². The topological polar surface area (TPSA) is 46.5 Å². The van der Waals surface area contributed by atoms with Crippen LogP contribution in [-0.2, 0) is 4.79 Å². The number of carbonyl (C=O) groups is 1. The van der Waals surface area contributed by atoms with Gasteiger partial charge in [0, 0.05) is 0 Å². The van der Waals surface area contributed by atoms with Crippen LogP contribution in [0.1, 0.15) is 32.1 Å². The molecule has 1 N–H and O–H groups in total. The second-order valence-electron chi connectivity index (χ2n) is 5.95. The highest BCUT2D eigenvalue weighted by Gasteiger charge is 2.55. The molecule has 3 atom stereocenters. The van der Waals surface area contributed by atoms with Gasteiger partial charge >= 0.3 is 5.97 Å². The van der Waals surface area contributed by atoms with Gasteiger partial charge in [-0.15, -0.1) is 0 Å². The molecule has 2 saturated carbocycles. The Morgan fingerprint density at radius 2 is 2.11 bits per heavy atom. The zero-order valence-corrected chi connectivity index (χ0v) is 11.0. The molecule has 0 heterocycles. The Morgan fingerprint density at radius 3 is 2.68 bits per heavy atom. The molecule has 2 aliphatic carbocycles. The predicted octanol–water partition coefficient (Wildman–Crippen LogP) is 3.35. The zero-order chi connectivity index (χ0) is 13.3. The van der Waals surface area contributed by atoms with Crippen LogP contribution in [0.15, 0.2) is 30.3 Å². The van der Waals surface area contributed by atoms with E-state index in [2.05, 4.69) is 0 Å². The fourth-order valence-corrected chi connectivity index (χ4v) is 3.99. The zero-order valence-electron chi connectivity index (χ0n) is 11.0. The maximum Gasteiger partial charge on any atom is 0.310 e. The molecule has 19 heavy (non-hydrogen) atoms. The fourth-order valence-electron chi connectivity index (χ4n) is 3.99. The van der Waals surface area contributed by atoms with Crippen LogP contribution in [0.2, 0.25) is 0 Å². The van der Waals surface area contributed by atoms with Gasteiger partial charge in [0.2, 0.25) is 0 Å². The molecule has 0 saturated heterocycles. The van der Waals surface area contributed by atoms with Gasteiger partial charge in [0.1, 0.15) is 5.75 Å². The molecule has 0 radical (unpaired) electrons. The number of carboxylic acid groups (broad SMARTS) is 1. The van der Waals surface area contributed by atoms with Gasteiger partial charge in [0.25, 0.3) is 0 Å². The van der Waals surface area contributed by atoms with Gasteiger partial charge in [-0.2, -0.15) is 0 Å². The quantitative estimate of drug-likeness (QED) is 0.883. The lowest BCUT2D eigenvalue weighted by atomic mass is 9.71. The van der Waals surface area contributed by atoms with Crippen molar-refractivity contribution in [3.63, 3.8) is 0 Å². The summed E-state index contributed by atoms with van der Waals surface area (Å²) in [5.41, 5.74) is -0.516. The SMILES string of the molecule is O=C(O)C1(CCOc2ccccc2)CC2CCC1C2. The van der Waals surface area contributed by atoms with Crippen LogP contribution >= 0.6 is 0 Å². The number of carboxylic acids is 1. The average Bonchev–Trinajstić information content (AvgIpc) is 3.01. The number of hydrogen-bond donors (Lipinski definition) is 1. The Kier molecular flexibility index (Phi) is 3.21. The number of ether oxygens (including phenoxy) is 1. The first-order valence-electron chi connectivity index (χ1n) is 7.12. The van der Waals surface area contributed by atoms with E-state index in [9.17, 15) is 9.90 Å². The van der Waals surface area contributed by atoms with E-state index in [1.165, 1.54) is 6.42 Å². The van der Waals surface area contributed by atoms with E-state index in [0.717, 1.165) is 25.0 Å². The standard InChI is InChI=1S/C16H20O3/c17-15(18)16(11-12-6-7-13(16)10-12)8-9-19-14-4-2-1-3-5-14/h1-5,12-13H,6-11H2,(H,17,18). The summed E-state index contributed by atoms with van der Waals surface area (Å²) in [6.07, 6.45) is 4.91. The second-order valence-corrected chi connectivity index (χ2v) is 5.95. The van der Waals surface area contributed by atoms with E-state index in [1.807, 2.05) is 30.3 Å². The minimum atomic E-state index is -0.614. The predicted molar refractivity (Wildman–Crippen MR) is 72.1 cm³/mol. The van der Waals surface area contributed by atoms with E-state index in [-0.39, 0.29) is 0 Å². The van der Waals surface area contributed by atoms with Crippen LogP contribution in [0.4, 0.5) is 0 Å². The first-order chi connectivity index (χ1) is 9.21. The molecule has 102 valence electrons. The average molecular weight is 260 g/mol. The lowest BCUT2D eigenvalue weighted by molar-refractivity contribution is -0.153. The Balaban J connectivity index is 1.62. The van der Waals surface area contributed by atoms with E-state index in [1.54, 1.807) is 0 Å². The lowest BCUT2D eigenvalue weighted by Crippen LogP contribution is -2.37. The molecule has 3 rings (SSSR count). The maximum absolute atomic E-state index is 11.7. The van der Waals surface area contributed by atoms with Crippen molar-refractivity contribution in [1.29, 1.82) is 0 Å². The molecular formula is C16H20O3. The van der Waals surface area contributed by atoms with Gasteiger partial charge in [-0.1, -0.05) is 24.6 Å². The van der Waals surface area contributed by atoms with E-state index < -0.39 is 11.4 Å². The number of rotatable bonds is 5. The third-order valence-electron chi connectivity index (χ3n) is 4.96. The van der Waals surface area contributed by atoms with Gasteiger partial charge in [0.15, 0.2) is 0 Å². The van der Waals surface area contributed by atoms with Crippen molar-refractivity contribution in [3.8, 4) is 5.75 Å². The van der Waals surface area contributed by atoms with Crippen molar-refractivity contribution in [2.75, 3.05) is 6.61 Å². The minimum absolute atomic E-state index is 0.370. The number of aliphatic carboxylic acids is 1. The lowest BCUT2D eigenvalue weighted by Gasteiger charge is -2.33. The van der Waals surface area contributed by atoms with E-state index >= 15 is 0 Å². The fraction of sp³-hybridized carbons (Fsp3) is 0.562. The highest BCUT2D eigenvalue weighted by Crippen LogP contribution is 2.57. The molecule has 3 nitrogen and oxygen atoms in total. The van der Waals surface area contributed by atoms with Crippen molar-refractivity contribution in [1.82, 2.24) is 0 Å². The molecule has 2 fully saturated rings. The number of benzene rings is 1. The first kappa shape index (κ1) is 12.5. The van der Waals surface area contributed by atoms with Crippen LogP contribution in [0.25, 0.3) is 0 Å².